The number of amides is 1. The summed E-state index contributed by atoms with van der Waals surface area (Å²) in [7, 11) is 0. The van der Waals surface area contributed by atoms with Gasteiger partial charge in [-0.25, -0.2) is 4.79 Å². The zero-order chi connectivity index (χ0) is 15.6. The van der Waals surface area contributed by atoms with Gasteiger partial charge in [-0.15, -0.1) is 0 Å². The van der Waals surface area contributed by atoms with Crippen molar-refractivity contribution in [3.8, 4) is 0 Å². The third-order valence-electron chi connectivity index (χ3n) is 3.34. The van der Waals surface area contributed by atoms with Gasteiger partial charge in [0.05, 0.1) is 0 Å². The zero-order valence-electron chi connectivity index (χ0n) is 13.0. The third kappa shape index (κ3) is 4.92. The predicted octanol–water partition coefficient (Wildman–Crippen LogP) is 4.23. The van der Waals surface area contributed by atoms with Crippen molar-refractivity contribution in [3.63, 3.8) is 0 Å². The lowest BCUT2D eigenvalue weighted by atomic mass is 9.86. The first kappa shape index (κ1) is 16.1. The van der Waals surface area contributed by atoms with Crippen LogP contribution in [0.4, 0.5) is 10.5 Å². The van der Waals surface area contributed by atoms with E-state index in [1.54, 1.807) is 0 Å². The molecule has 0 radical (unpaired) electrons. The molecule has 0 bridgehead atoms. The number of halogens is 1. The Morgan fingerprint density at radius 3 is 2.57 bits per heavy atom. The molecule has 1 aliphatic carbocycles. The highest BCUT2D eigenvalue weighted by molar-refractivity contribution is 9.10. The number of carbonyl (C=O) groups excluding carboxylic acids is 1. The molecule has 1 amide bonds. The summed E-state index contributed by atoms with van der Waals surface area (Å²) in [5.41, 5.74) is 1.89. The van der Waals surface area contributed by atoms with Crippen molar-refractivity contribution in [2.75, 3.05) is 5.32 Å². The van der Waals surface area contributed by atoms with E-state index in [9.17, 15) is 4.79 Å². The van der Waals surface area contributed by atoms with Crippen molar-refractivity contribution in [2.24, 2.45) is 0 Å². The molecule has 21 heavy (non-hydrogen) atoms. The molecule has 0 heterocycles. The Kier molecular flexibility index (Phi) is 4.81. The Balaban J connectivity index is 1.77. The van der Waals surface area contributed by atoms with Gasteiger partial charge in [-0.1, -0.05) is 6.07 Å². The lowest BCUT2D eigenvalue weighted by Gasteiger charge is -2.37. The minimum atomic E-state index is -0.447. The number of nitrogens with one attached hydrogen (secondary N) is 2. The predicted molar refractivity (Wildman–Crippen MR) is 88.7 cm³/mol. The fraction of sp³-hybridized carbons (Fsp3) is 0.562. The van der Waals surface area contributed by atoms with Crippen LogP contribution in [0.2, 0.25) is 0 Å². The van der Waals surface area contributed by atoms with Gasteiger partial charge in [-0.05, 0) is 74.2 Å². The maximum Gasteiger partial charge on any atom is 0.407 e. The number of hydrogen-bond donors (Lipinski definition) is 2. The number of alkyl carbamates (subject to hydrolysis) is 1. The Bertz CT molecular complexity index is 519. The van der Waals surface area contributed by atoms with Crippen LogP contribution in [0.5, 0.6) is 0 Å². The van der Waals surface area contributed by atoms with Crippen LogP contribution in [0.1, 0.15) is 39.2 Å². The Labute approximate surface area is 134 Å². The van der Waals surface area contributed by atoms with Gasteiger partial charge in [0.2, 0.25) is 0 Å². The van der Waals surface area contributed by atoms with Crippen LogP contribution in [-0.2, 0) is 4.74 Å². The maximum absolute atomic E-state index is 11.7. The first-order valence-electron chi connectivity index (χ1n) is 7.25. The van der Waals surface area contributed by atoms with E-state index in [4.69, 9.17) is 4.74 Å². The van der Waals surface area contributed by atoms with E-state index in [-0.39, 0.29) is 12.1 Å². The van der Waals surface area contributed by atoms with Gasteiger partial charge >= 0.3 is 6.09 Å². The highest BCUT2D eigenvalue weighted by Gasteiger charge is 2.31. The summed E-state index contributed by atoms with van der Waals surface area (Å²) in [5, 5.41) is 6.40. The van der Waals surface area contributed by atoms with Crippen molar-refractivity contribution in [3.05, 3.63) is 28.2 Å². The summed E-state index contributed by atoms with van der Waals surface area (Å²) in [6.45, 7) is 7.68. The van der Waals surface area contributed by atoms with Gasteiger partial charge in [-0.2, -0.15) is 0 Å². The van der Waals surface area contributed by atoms with Crippen molar-refractivity contribution in [1.82, 2.24) is 5.32 Å². The normalized spacial score (nSPS) is 21.4. The molecular weight excluding hydrogens is 332 g/mol. The van der Waals surface area contributed by atoms with Crippen LogP contribution in [0.15, 0.2) is 22.7 Å². The highest BCUT2D eigenvalue weighted by atomic mass is 79.9. The number of benzene rings is 1. The molecule has 0 saturated heterocycles. The van der Waals surface area contributed by atoms with Crippen molar-refractivity contribution in [1.29, 1.82) is 0 Å². The fourth-order valence-electron chi connectivity index (χ4n) is 2.30. The fourth-order valence-corrected chi connectivity index (χ4v) is 2.66. The van der Waals surface area contributed by atoms with Crippen LogP contribution in [0.3, 0.4) is 0 Å². The summed E-state index contributed by atoms with van der Waals surface area (Å²) >= 11 is 3.55. The molecule has 1 aromatic rings. The van der Waals surface area contributed by atoms with Crippen LogP contribution in [0.25, 0.3) is 0 Å². The largest absolute Gasteiger partial charge is 0.444 e. The van der Waals surface area contributed by atoms with Gasteiger partial charge in [0, 0.05) is 22.2 Å². The van der Waals surface area contributed by atoms with Crippen LogP contribution in [0, 0.1) is 6.92 Å². The quantitative estimate of drug-likeness (QED) is 0.853. The number of rotatable bonds is 3. The van der Waals surface area contributed by atoms with Gasteiger partial charge in [0.1, 0.15) is 5.60 Å². The van der Waals surface area contributed by atoms with Gasteiger partial charge in [0.15, 0.2) is 0 Å². The molecule has 116 valence electrons. The molecule has 0 spiro atoms. The first-order valence-corrected chi connectivity index (χ1v) is 8.04. The van der Waals surface area contributed by atoms with E-state index in [0.717, 1.165) is 23.0 Å². The first-order chi connectivity index (χ1) is 9.73. The molecule has 1 aliphatic rings. The second-order valence-corrected chi connectivity index (χ2v) is 7.49. The topological polar surface area (TPSA) is 50.4 Å². The summed E-state index contributed by atoms with van der Waals surface area (Å²) < 4.78 is 6.32. The smallest absolute Gasteiger partial charge is 0.407 e. The monoisotopic (exact) mass is 354 g/mol. The Morgan fingerprint density at radius 1 is 1.29 bits per heavy atom. The third-order valence-corrected chi connectivity index (χ3v) is 4.03. The molecule has 2 N–H and O–H groups in total. The molecule has 2 rings (SSSR count). The molecule has 1 fully saturated rings. The summed E-state index contributed by atoms with van der Waals surface area (Å²) in [4.78, 5) is 11.7. The van der Waals surface area contributed by atoms with Crippen molar-refractivity contribution in [2.45, 2.75) is 58.2 Å². The average Bonchev–Trinajstić information content (AvgIpc) is 2.28. The SMILES string of the molecule is Cc1ccc(Br)c(NC2CC(NC(=O)OC(C)(C)C)C2)c1. The lowest BCUT2D eigenvalue weighted by Crippen LogP contribution is -2.50. The molecule has 0 aliphatic heterocycles. The number of carbonyl (C=O) groups is 1. The van der Waals surface area contributed by atoms with E-state index < -0.39 is 5.60 Å². The van der Waals surface area contributed by atoms with E-state index >= 15 is 0 Å². The summed E-state index contributed by atoms with van der Waals surface area (Å²) in [6, 6.07) is 6.83. The molecule has 0 unspecified atom stereocenters. The Morgan fingerprint density at radius 2 is 1.95 bits per heavy atom. The van der Waals surface area contributed by atoms with Crippen LogP contribution < -0.4 is 10.6 Å². The molecular formula is C16H23BrN2O2. The molecule has 0 atom stereocenters. The molecule has 1 aromatic carbocycles. The lowest BCUT2D eigenvalue weighted by molar-refractivity contribution is 0.0475. The van der Waals surface area contributed by atoms with E-state index in [2.05, 4.69) is 45.6 Å². The standard InChI is InChI=1S/C16H23BrN2O2/c1-10-5-6-13(17)14(7-10)18-11-8-12(9-11)19-15(20)21-16(2,3)4/h5-7,11-12,18H,8-9H2,1-4H3,(H,19,20). The number of ether oxygens (including phenoxy) is 1. The molecule has 5 heteroatoms. The van der Waals surface area contributed by atoms with Crippen LogP contribution >= 0.6 is 15.9 Å². The molecule has 0 aromatic heterocycles. The Hall–Kier alpha value is -1.23. The minimum absolute atomic E-state index is 0.195. The van der Waals surface area contributed by atoms with E-state index in [1.165, 1.54) is 5.56 Å². The van der Waals surface area contributed by atoms with Gasteiger partial charge in [-0.3, -0.25) is 0 Å². The molecule has 1 saturated carbocycles. The minimum Gasteiger partial charge on any atom is -0.444 e. The van der Waals surface area contributed by atoms with Crippen LogP contribution in [-0.4, -0.2) is 23.8 Å². The highest BCUT2D eigenvalue weighted by Crippen LogP contribution is 2.29. The van der Waals surface area contributed by atoms with Crippen molar-refractivity contribution >= 4 is 27.7 Å². The summed E-state index contributed by atoms with van der Waals surface area (Å²) in [5.74, 6) is 0. The van der Waals surface area contributed by atoms with Crippen molar-refractivity contribution < 1.29 is 9.53 Å². The average molecular weight is 355 g/mol. The summed E-state index contributed by atoms with van der Waals surface area (Å²) in [6.07, 6.45) is 1.50. The number of aryl methyl sites for hydroxylation is 1. The number of hydrogen-bond acceptors (Lipinski definition) is 3. The van der Waals surface area contributed by atoms with E-state index in [0.29, 0.717) is 6.04 Å². The second-order valence-electron chi connectivity index (χ2n) is 6.64. The van der Waals surface area contributed by atoms with Gasteiger partial charge in [0.25, 0.3) is 0 Å². The maximum atomic E-state index is 11.7. The molecule has 4 nitrogen and oxygen atoms in total. The number of anilines is 1. The van der Waals surface area contributed by atoms with Gasteiger partial charge < -0.3 is 15.4 Å². The van der Waals surface area contributed by atoms with E-state index in [1.807, 2.05) is 26.8 Å². The zero-order valence-corrected chi connectivity index (χ0v) is 14.6. The second kappa shape index (κ2) is 6.26.